The zero-order valence-corrected chi connectivity index (χ0v) is 11.3. The van der Waals surface area contributed by atoms with Crippen molar-refractivity contribution in [3.8, 4) is 0 Å². The Labute approximate surface area is 109 Å². The molecule has 0 bridgehead atoms. The zero-order chi connectivity index (χ0) is 7.78. The van der Waals surface area contributed by atoms with Crippen LogP contribution in [0.3, 0.4) is 0 Å². The standard InChI is InChI=1S/C6H11NO2S.Na.3H2O/c1-6(2)4(5(8)9)7-3-10-6;;;;/h4,7H,3H2,1-2H3,(H,8,9);;3*1H2/q;+1;;;/p-1/t4-;;;;/m0..../s1. The molecule has 0 aromatic heterocycles. The molecule has 0 aromatic rings. The van der Waals surface area contributed by atoms with Gasteiger partial charge in [-0.25, -0.2) is 0 Å². The van der Waals surface area contributed by atoms with E-state index >= 15 is 0 Å². The molecule has 1 aliphatic heterocycles. The van der Waals surface area contributed by atoms with Crippen molar-refractivity contribution >= 4 is 17.7 Å². The van der Waals surface area contributed by atoms with Crippen molar-refractivity contribution in [3.63, 3.8) is 0 Å². The molecule has 1 atom stereocenters. The average Bonchev–Trinajstić information content (AvgIpc) is 2.08. The monoisotopic (exact) mass is 237 g/mol. The van der Waals surface area contributed by atoms with Crippen LogP contribution in [0, 0.1) is 0 Å². The Balaban J connectivity index is -0.000000125. The van der Waals surface area contributed by atoms with Crippen molar-refractivity contribution in [2.75, 3.05) is 5.88 Å². The Bertz CT molecular complexity index is 168. The van der Waals surface area contributed by atoms with Gasteiger partial charge in [0.1, 0.15) is 0 Å². The SMILES string of the molecule is CC1(C)SCN[C@H]1C(=O)[O-].O.O.O.[Na+]. The largest absolute Gasteiger partial charge is 1.00 e. The summed E-state index contributed by atoms with van der Waals surface area (Å²) in [5.41, 5.74) is 0. The van der Waals surface area contributed by atoms with Gasteiger partial charge in [-0.15, -0.1) is 11.8 Å². The number of carbonyl (C=O) groups excluding carboxylic acids is 1. The van der Waals surface area contributed by atoms with Gasteiger partial charge in [0.25, 0.3) is 0 Å². The van der Waals surface area contributed by atoms with Crippen LogP contribution in [-0.2, 0) is 4.79 Å². The predicted molar refractivity (Wildman–Crippen MR) is 49.3 cm³/mol. The van der Waals surface area contributed by atoms with Crippen LogP contribution in [0.25, 0.3) is 0 Å². The Morgan fingerprint density at radius 3 is 2.00 bits per heavy atom. The molecule has 6 nitrogen and oxygen atoms in total. The van der Waals surface area contributed by atoms with E-state index < -0.39 is 12.0 Å². The Kier molecular flexibility index (Phi) is 15.4. The molecule has 0 radical (unpaired) electrons. The summed E-state index contributed by atoms with van der Waals surface area (Å²) in [6, 6.07) is -0.502. The maximum atomic E-state index is 10.4. The number of carboxylic acid groups (broad SMARTS) is 1. The molecule has 1 rings (SSSR count). The van der Waals surface area contributed by atoms with E-state index in [0.717, 1.165) is 0 Å². The number of hydrogen-bond acceptors (Lipinski definition) is 4. The van der Waals surface area contributed by atoms with Crippen LogP contribution in [0.4, 0.5) is 0 Å². The fourth-order valence-corrected chi connectivity index (χ4v) is 1.98. The number of nitrogens with one attached hydrogen (secondary N) is 1. The quantitative estimate of drug-likeness (QED) is 0.451. The van der Waals surface area contributed by atoms with Crippen LogP contribution in [-0.4, -0.2) is 39.1 Å². The summed E-state index contributed by atoms with van der Waals surface area (Å²) in [5.74, 6) is -0.305. The minimum absolute atomic E-state index is 0. The van der Waals surface area contributed by atoms with Crippen LogP contribution in [0.5, 0.6) is 0 Å². The van der Waals surface area contributed by atoms with Crippen molar-refractivity contribution in [2.24, 2.45) is 0 Å². The first kappa shape index (κ1) is 24.1. The van der Waals surface area contributed by atoms with E-state index in [1.807, 2.05) is 13.8 Å². The fraction of sp³-hybridized carbons (Fsp3) is 0.833. The van der Waals surface area contributed by atoms with E-state index in [2.05, 4.69) is 5.32 Å². The molecule has 8 heteroatoms. The summed E-state index contributed by atoms with van der Waals surface area (Å²) in [4.78, 5) is 10.4. The second-order valence-corrected chi connectivity index (χ2v) is 4.48. The third-order valence-corrected chi connectivity index (χ3v) is 2.95. The molecule has 1 heterocycles. The van der Waals surface area contributed by atoms with Gasteiger partial charge in [0.15, 0.2) is 0 Å². The molecule has 82 valence electrons. The second kappa shape index (κ2) is 8.93. The number of carbonyl (C=O) groups is 1. The summed E-state index contributed by atoms with van der Waals surface area (Å²) in [6.07, 6.45) is 0. The van der Waals surface area contributed by atoms with Crippen LogP contribution in [0.1, 0.15) is 13.8 Å². The molecule has 1 fully saturated rings. The molecule has 0 saturated carbocycles. The molecule has 7 N–H and O–H groups in total. The molecular weight excluding hydrogens is 221 g/mol. The van der Waals surface area contributed by atoms with Crippen LogP contribution < -0.4 is 40.0 Å². The first-order valence-electron chi connectivity index (χ1n) is 3.12. The molecule has 0 aliphatic carbocycles. The minimum Gasteiger partial charge on any atom is -0.548 e. The van der Waals surface area contributed by atoms with Crippen LogP contribution in [0.15, 0.2) is 0 Å². The topological polar surface area (TPSA) is 147 Å². The Morgan fingerprint density at radius 2 is 1.86 bits per heavy atom. The first-order valence-corrected chi connectivity index (χ1v) is 4.11. The van der Waals surface area contributed by atoms with Gasteiger partial charge in [-0.3, -0.25) is 5.32 Å². The van der Waals surface area contributed by atoms with Gasteiger partial charge in [0.2, 0.25) is 0 Å². The normalized spacial score (nSPS) is 21.7. The second-order valence-electron chi connectivity index (χ2n) is 2.85. The van der Waals surface area contributed by atoms with Crippen molar-refractivity contribution in [1.29, 1.82) is 0 Å². The fourth-order valence-electron chi connectivity index (χ4n) is 1.01. The Morgan fingerprint density at radius 1 is 1.43 bits per heavy atom. The van der Waals surface area contributed by atoms with Crippen molar-refractivity contribution in [1.82, 2.24) is 5.32 Å². The molecular formula is C6H16NNaO5S. The van der Waals surface area contributed by atoms with Gasteiger partial charge >= 0.3 is 29.6 Å². The molecule has 1 saturated heterocycles. The third-order valence-electron chi connectivity index (χ3n) is 1.66. The van der Waals surface area contributed by atoms with Gasteiger partial charge in [-0.1, -0.05) is 0 Å². The van der Waals surface area contributed by atoms with E-state index in [1.54, 1.807) is 11.8 Å². The number of thioether (sulfide) groups is 1. The van der Waals surface area contributed by atoms with Gasteiger partial charge in [0, 0.05) is 10.6 Å². The van der Waals surface area contributed by atoms with Gasteiger partial charge in [-0.05, 0) is 13.8 Å². The molecule has 1 aliphatic rings. The van der Waals surface area contributed by atoms with Crippen LogP contribution in [0.2, 0.25) is 0 Å². The summed E-state index contributed by atoms with van der Waals surface area (Å²) in [7, 11) is 0. The molecule has 0 aromatic carbocycles. The van der Waals surface area contributed by atoms with Crippen molar-refractivity contribution in [3.05, 3.63) is 0 Å². The first-order chi connectivity index (χ1) is 4.54. The minimum atomic E-state index is -1.00. The molecule has 14 heavy (non-hydrogen) atoms. The van der Waals surface area contributed by atoms with E-state index in [-0.39, 0.29) is 50.7 Å². The number of carboxylic acids is 1. The van der Waals surface area contributed by atoms with E-state index in [9.17, 15) is 9.90 Å². The summed E-state index contributed by atoms with van der Waals surface area (Å²) < 4.78 is -0.223. The predicted octanol–water partition coefficient (Wildman–Crippen LogP) is -6.29. The maximum absolute atomic E-state index is 10.4. The smallest absolute Gasteiger partial charge is 0.548 e. The number of rotatable bonds is 1. The molecule has 0 amide bonds. The van der Waals surface area contributed by atoms with E-state index in [4.69, 9.17) is 0 Å². The summed E-state index contributed by atoms with van der Waals surface area (Å²) in [6.45, 7) is 3.80. The van der Waals surface area contributed by atoms with E-state index in [1.165, 1.54) is 0 Å². The van der Waals surface area contributed by atoms with Gasteiger partial charge < -0.3 is 26.3 Å². The molecule has 0 unspecified atom stereocenters. The third kappa shape index (κ3) is 5.52. The van der Waals surface area contributed by atoms with Crippen LogP contribution >= 0.6 is 11.8 Å². The van der Waals surface area contributed by atoms with Crippen molar-refractivity contribution in [2.45, 2.75) is 24.6 Å². The molecule has 0 spiro atoms. The summed E-state index contributed by atoms with van der Waals surface area (Å²) in [5, 5.41) is 13.3. The average molecular weight is 237 g/mol. The number of aliphatic carboxylic acids is 1. The number of hydrogen-bond donors (Lipinski definition) is 1. The van der Waals surface area contributed by atoms with Crippen molar-refractivity contribution < 1.29 is 55.9 Å². The Hall–Kier alpha value is 0.660. The maximum Gasteiger partial charge on any atom is 1.00 e. The van der Waals surface area contributed by atoms with Gasteiger partial charge in [0.05, 0.1) is 12.0 Å². The van der Waals surface area contributed by atoms with E-state index in [0.29, 0.717) is 5.88 Å². The summed E-state index contributed by atoms with van der Waals surface area (Å²) >= 11 is 1.60. The van der Waals surface area contributed by atoms with Gasteiger partial charge in [-0.2, -0.15) is 0 Å². The zero-order valence-electron chi connectivity index (χ0n) is 8.51.